The van der Waals surface area contributed by atoms with E-state index in [9.17, 15) is 18.0 Å². The lowest BCUT2D eigenvalue weighted by Gasteiger charge is -2.23. The Bertz CT molecular complexity index is 837. The number of benzene rings is 1. The van der Waals surface area contributed by atoms with Gasteiger partial charge in [0.2, 0.25) is 5.91 Å². The highest BCUT2D eigenvalue weighted by molar-refractivity contribution is 7.14. The van der Waals surface area contributed by atoms with E-state index in [0.717, 1.165) is 18.9 Å². The Balaban J connectivity index is 1.71. The number of rotatable bonds is 6. The number of hydrogen-bond donors (Lipinski definition) is 1. The predicted octanol–water partition coefficient (Wildman–Crippen LogP) is 4.24. The van der Waals surface area contributed by atoms with E-state index < -0.39 is 11.7 Å². The summed E-state index contributed by atoms with van der Waals surface area (Å²) in [6.07, 6.45) is -2.69. The second kappa shape index (κ2) is 7.48. The fourth-order valence-corrected chi connectivity index (χ4v) is 3.51. The third kappa shape index (κ3) is 4.42. The maximum absolute atomic E-state index is 13.2. The summed E-state index contributed by atoms with van der Waals surface area (Å²) in [6, 6.07) is 9.15. The quantitative estimate of drug-likeness (QED) is 0.817. The zero-order valence-electron chi connectivity index (χ0n) is 13.7. The molecule has 0 bridgehead atoms. The smallest absolute Gasteiger partial charge is 0.315 e. The number of carbonyl (C=O) groups is 1. The summed E-state index contributed by atoms with van der Waals surface area (Å²) in [4.78, 5) is 14.1. The third-order valence-corrected chi connectivity index (χ3v) is 4.97. The molecule has 1 aliphatic rings. The van der Waals surface area contributed by atoms with Gasteiger partial charge in [-0.1, -0.05) is 18.2 Å². The third-order valence-electron chi connectivity index (χ3n) is 4.14. The van der Waals surface area contributed by atoms with E-state index in [1.54, 1.807) is 22.4 Å². The maximum Gasteiger partial charge on any atom is 0.416 e. The average Bonchev–Trinajstić information content (AvgIpc) is 3.34. The molecule has 0 radical (unpaired) electrons. The topological polar surface area (TPSA) is 56.1 Å². The van der Waals surface area contributed by atoms with Crippen LogP contribution in [0.3, 0.4) is 0 Å². The highest BCUT2D eigenvalue weighted by Crippen LogP contribution is 2.34. The van der Waals surface area contributed by atoms with Crippen LogP contribution in [0.4, 0.5) is 18.2 Å². The van der Waals surface area contributed by atoms with Gasteiger partial charge in [-0.3, -0.25) is 9.69 Å². The zero-order valence-corrected chi connectivity index (χ0v) is 14.5. The first-order valence-electron chi connectivity index (χ1n) is 8.05. The number of hydrogen-bond acceptors (Lipinski definition) is 4. The number of carbonyl (C=O) groups excluding carboxylic acids is 1. The van der Waals surface area contributed by atoms with Gasteiger partial charge < -0.3 is 5.32 Å². The second-order valence-corrected chi connectivity index (χ2v) is 7.03. The van der Waals surface area contributed by atoms with Crippen LogP contribution in [0.25, 0.3) is 0 Å². The number of nitriles is 1. The van der Waals surface area contributed by atoms with Gasteiger partial charge in [-0.2, -0.15) is 18.4 Å². The van der Waals surface area contributed by atoms with Crippen molar-refractivity contribution in [3.05, 3.63) is 52.4 Å². The minimum Gasteiger partial charge on any atom is -0.315 e. The molecule has 1 heterocycles. The molecule has 1 aliphatic carbocycles. The van der Waals surface area contributed by atoms with Crippen LogP contribution in [0, 0.1) is 11.3 Å². The summed E-state index contributed by atoms with van der Waals surface area (Å²) >= 11 is 1.24. The van der Waals surface area contributed by atoms with Crippen LogP contribution in [-0.2, 0) is 17.5 Å². The molecule has 1 fully saturated rings. The van der Waals surface area contributed by atoms with Crippen LogP contribution in [0.1, 0.15) is 29.5 Å². The summed E-state index contributed by atoms with van der Waals surface area (Å²) in [5, 5.41) is 13.8. The zero-order chi connectivity index (χ0) is 18.7. The SMILES string of the molecule is N#Cc1ccsc1NC(=O)CN(Cc1ccccc1C(F)(F)F)C1CC1. The minimum absolute atomic E-state index is 0.0143. The molecule has 0 spiro atoms. The molecule has 136 valence electrons. The molecule has 8 heteroatoms. The summed E-state index contributed by atoms with van der Waals surface area (Å²) in [6.45, 7) is 0.0446. The lowest BCUT2D eigenvalue weighted by atomic mass is 10.1. The van der Waals surface area contributed by atoms with Gasteiger partial charge in [0.15, 0.2) is 0 Å². The van der Waals surface area contributed by atoms with Crippen molar-refractivity contribution in [1.82, 2.24) is 4.90 Å². The Kier molecular flexibility index (Phi) is 5.30. The summed E-state index contributed by atoms with van der Waals surface area (Å²) in [7, 11) is 0. The first-order chi connectivity index (χ1) is 12.4. The van der Waals surface area contributed by atoms with Gasteiger partial charge in [0.1, 0.15) is 11.1 Å². The predicted molar refractivity (Wildman–Crippen MR) is 92.5 cm³/mol. The molecule has 1 aromatic carbocycles. The highest BCUT2D eigenvalue weighted by Gasteiger charge is 2.36. The Morgan fingerprint density at radius 3 is 2.69 bits per heavy atom. The fraction of sp³-hybridized carbons (Fsp3) is 0.333. The van der Waals surface area contributed by atoms with Gasteiger partial charge in [-0.15, -0.1) is 11.3 Å². The molecule has 0 unspecified atom stereocenters. The van der Waals surface area contributed by atoms with Gasteiger partial charge in [0, 0.05) is 12.6 Å². The van der Waals surface area contributed by atoms with E-state index in [1.807, 2.05) is 6.07 Å². The van der Waals surface area contributed by atoms with Crippen LogP contribution in [0.5, 0.6) is 0 Å². The van der Waals surface area contributed by atoms with E-state index in [4.69, 9.17) is 5.26 Å². The van der Waals surface area contributed by atoms with Crippen molar-refractivity contribution in [1.29, 1.82) is 5.26 Å². The number of alkyl halides is 3. The summed E-state index contributed by atoms with van der Waals surface area (Å²) in [5.74, 6) is -0.333. The van der Waals surface area contributed by atoms with Gasteiger partial charge in [-0.05, 0) is 35.9 Å². The highest BCUT2D eigenvalue weighted by atomic mass is 32.1. The molecule has 4 nitrogen and oxygen atoms in total. The molecule has 2 aromatic rings. The number of nitrogens with one attached hydrogen (secondary N) is 1. The van der Waals surface area contributed by atoms with Crippen molar-refractivity contribution >= 4 is 22.2 Å². The molecule has 1 amide bonds. The minimum atomic E-state index is -4.42. The van der Waals surface area contributed by atoms with Crippen LogP contribution >= 0.6 is 11.3 Å². The molecule has 0 aliphatic heterocycles. The summed E-state index contributed by atoms with van der Waals surface area (Å²) < 4.78 is 39.6. The number of thiophene rings is 1. The second-order valence-electron chi connectivity index (χ2n) is 6.11. The lowest BCUT2D eigenvalue weighted by molar-refractivity contribution is -0.138. The first-order valence-corrected chi connectivity index (χ1v) is 8.93. The van der Waals surface area contributed by atoms with Crippen LogP contribution < -0.4 is 5.32 Å². The van der Waals surface area contributed by atoms with Gasteiger partial charge in [-0.25, -0.2) is 0 Å². The molecule has 3 rings (SSSR count). The molecule has 1 N–H and O–H groups in total. The molecular formula is C18H16F3N3OS. The summed E-state index contributed by atoms with van der Waals surface area (Å²) in [5.41, 5.74) is -0.131. The van der Waals surface area contributed by atoms with Crippen molar-refractivity contribution in [2.75, 3.05) is 11.9 Å². The van der Waals surface area contributed by atoms with Gasteiger partial charge in [0.25, 0.3) is 0 Å². The molecular weight excluding hydrogens is 363 g/mol. The standard InChI is InChI=1S/C18H16F3N3OS/c19-18(20,21)15-4-2-1-3-13(15)10-24(14-5-6-14)11-16(25)23-17-12(9-22)7-8-26-17/h1-4,7-8,14H,5-6,10-11H2,(H,23,25). The first kappa shape index (κ1) is 18.4. The fourth-order valence-electron chi connectivity index (χ4n) is 2.75. The number of halogens is 3. The van der Waals surface area contributed by atoms with Gasteiger partial charge >= 0.3 is 6.18 Å². The van der Waals surface area contributed by atoms with E-state index >= 15 is 0 Å². The number of anilines is 1. The van der Waals surface area contributed by atoms with Crippen molar-refractivity contribution in [2.24, 2.45) is 0 Å². The van der Waals surface area contributed by atoms with Crippen molar-refractivity contribution in [3.8, 4) is 6.07 Å². The van der Waals surface area contributed by atoms with Crippen LogP contribution in [0.2, 0.25) is 0 Å². The monoisotopic (exact) mass is 379 g/mol. The van der Waals surface area contributed by atoms with E-state index in [2.05, 4.69) is 5.32 Å². The molecule has 0 atom stereocenters. The van der Waals surface area contributed by atoms with E-state index in [-0.39, 0.29) is 30.6 Å². The van der Waals surface area contributed by atoms with Crippen molar-refractivity contribution in [2.45, 2.75) is 31.6 Å². The Hall–Kier alpha value is -2.37. The molecule has 26 heavy (non-hydrogen) atoms. The van der Waals surface area contributed by atoms with E-state index in [1.165, 1.54) is 23.5 Å². The maximum atomic E-state index is 13.2. The Morgan fingerprint density at radius 2 is 2.04 bits per heavy atom. The Labute approximate surface area is 152 Å². The molecule has 1 saturated carbocycles. The van der Waals surface area contributed by atoms with E-state index in [0.29, 0.717) is 10.6 Å². The van der Waals surface area contributed by atoms with Crippen molar-refractivity contribution in [3.63, 3.8) is 0 Å². The van der Waals surface area contributed by atoms with Crippen molar-refractivity contribution < 1.29 is 18.0 Å². The van der Waals surface area contributed by atoms with Gasteiger partial charge in [0.05, 0.1) is 17.7 Å². The van der Waals surface area contributed by atoms with Crippen LogP contribution in [0.15, 0.2) is 35.7 Å². The Morgan fingerprint density at radius 1 is 1.31 bits per heavy atom. The largest absolute Gasteiger partial charge is 0.416 e. The normalized spacial score (nSPS) is 14.3. The molecule has 1 aromatic heterocycles. The average molecular weight is 379 g/mol. The lowest BCUT2D eigenvalue weighted by Crippen LogP contribution is -2.35. The molecule has 0 saturated heterocycles. The number of amides is 1. The van der Waals surface area contributed by atoms with Crippen LogP contribution in [-0.4, -0.2) is 23.4 Å². The number of nitrogens with zero attached hydrogens (tertiary/aromatic N) is 2.